The van der Waals surface area contributed by atoms with E-state index in [-0.39, 0.29) is 23.6 Å². The van der Waals surface area contributed by atoms with Crippen molar-refractivity contribution in [1.29, 1.82) is 0 Å². The molecule has 6 heteroatoms. The Bertz CT molecular complexity index is 658. The molecule has 0 fully saturated rings. The van der Waals surface area contributed by atoms with Crippen molar-refractivity contribution in [2.75, 3.05) is 0 Å². The van der Waals surface area contributed by atoms with Gasteiger partial charge < -0.3 is 9.84 Å². The highest BCUT2D eigenvalue weighted by atomic mass is 19.1. The average Bonchev–Trinajstić information content (AvgIpc) is 2.40. The number of phenols is 1. The molecule has 0 bridgehead atoms. The largest absolute Gasteiger partial charge is 0.508 e. The van der Waals surface area contributed by atoms with E-state index in [1.807, 2.05) is 0 Å². The SMILES string of the molecule is Cc1c(O)cccc1OCc1cc(F)ccc1[N+](=O)[O-]. The van der Waals surface area contributed by atoms with Crippen LogP contribution in [0.3, 0.4) is 0 Å². The van der Waals surface area contributed by atoms with Crippen molar-refractivity contribution >= 4 is 5.69 Å². The maximum Gasteiger partial charge on any atom is 0.276 e. The zero-order chi connectivity index (χ0) is 14.7. The zero-order valence-corrected chi connectivity index (χ0v) is 10.7. The van der Waals surface area contributed by atoms with Gasteiger partial charge >= 0.3 is 0 Å². The molecule has 2 rings (SSSR count). The summed E-state index contributed by atoms with van der Waals surface area (Å²) in [5, 5.41) is 20.4. The minimum absolute atomic E-state index is 0.0660. The van der Waals surface area contributed by atoms with Gasteiger partial charge in [-0.25, -0.2) is 4.39 Å². The number of phenolic OH excluding ortho intramolecular Hbond substituents is 1. The lowest BCUT2D eigenvalue weighted by molar-refractivity contribution is -0.385. The van der Waals surface area contributed by atoms with E-state index in [1.165, 1.54) is 6.07 Å². The second-order valence-corrected chi connectivity index (χ2v) is 4.22. The Morgan fingerprint density at radius 3 is 2.80 bits per heavy atom. The first-order valence-electron chi connectivity index (χ1n) is 5.83. The van der Waals surface area contributed by atoms with Crippen molar-refractivity contribution < 1.29 is 19.2 Å². The standard InChI is InChI=1S/C14H12FNO4/c1-9-13(17)3-2-4-14(9)20-8-10-7-11(15)5-6-12(10)16(18)19/h2-7,17H,8H2,1H3. The van der Waals surface area contributed by atoms with Crippen molar-refractivity contribution in [3.63, 3.8) is 0 Å². The van der Waals surface area contributed by atoms with E-state index < -0.39 is 10.7 Å². The van der Waals surface area contributed by atoms with Crippen molar-refractivity contribution in [2.24, 2.45) is 0 Å². The first kappa shape index (κ1) is 13.8. The summed E-state index contributed by atoms with van der Waals surface area (Å²) in [7, 11) is 0. The Kier molecular flexibility index (Phi) is 3.84. The predicted octanol–water partition coefficient (Wildman–Crippen LogP) is 3.33. The summed E-state index contributed by atoms with van der Waals surface area (Å²) in [4.78, 5) is 10.3. The van der Waals surface area contributed by atoms with Gasteiger partial charge in [0.25, 0.3) is 5.69 Å². The van der Waals surface area contributed by atoms with E-state index in [2.05, 4.69) is 0 Å². The number of rotatable bonds is 4. The summed E-state index contributed by atoms with van der Waals surface area (Å²) >= 11 is 0. The van der Waals surface area contributed by atoms with E-state index in [4.69, 9.17) is 4.74 Å². The minimum Gasteiger partial charge on any atom is -0.508 e. The molecule has 104 valence electrons. The molecule has 0 atom stereocenters. The van der Waals surface area contributed by atoms with Gasteiger partial charge in [-0.1, -0.05) is 6.07 Å². The van der Waals surface area contributed by atoms with Crippen LogP contribution < -0.4 is 4.74 Å². The fraction of sp³-hybridized carbons (Fsp3) is 0.143. The molecular formula is C14H12FNO4. The molecule has 0 saturated carbocycles. The third-order valence-corrected chi connectivity index (χ3v) is 2.88. The smallest absolute Gasteiger partial charge is 0.276 e. The first-order chi connectivity index (χ1) is 9.49. The minimum atomic E-state index is -0.590. The molecule has 0 spiro atoms. The van der Waals surface area contributed by atoms with E-state index in [9.17, 15) is 19.6 Å². The predicted molar refractivity (Wildman–Crippen MR) is 70.2 cm³/mol. The van der Waals surface area contributed by atoms with Gasteiger partial charge in [-0.3, -0.25) is 10.1 Å². The average molecular weight is 277 g/mol. The molecule has 0 saturated heterocycles. The summed E-state index contributed by atoms with van der Waals surface area (Å²) in [6.07, 6.45) is 0. The first-order valence-corrected chi connectivity index (χ1v) is 5.83. The van der Waals surface area contributed by atoms with Crippen LogP contribution in [0.15, 0.2) is 36.4 Å². The molecular weight excluding hydrogens is 265 g/mol. The number of nitrogens with zero attached hydrogens (tertiary/aromatic N) is 1. The second-order valence-electron chi connectivity index (χ2n) is 4.22. The molecule has 0 amide bonds. The Labute approximate surface area is 114 Å². The molecule has 0 radical (unpaired) electrons. The molecule has 0 heterocycles. The lowest BCUT2D eigenvalue weighted by Gasteiger charge is -2.10. The fourth-order valence-corrected chi connectivity index (χ4v) is 1.76. The summed E-state index contributed by atoms with van der Waals surface area (Å²) in [5.41, 5.74) is 0.452. The van der Waals surface area contributed by atoms with Crippen LogP contribution in [0.4, 0.5) is 10.1 Å². The van der Waals surface area contributed by atoms with Crippen molar-refractivity contribution in [3.05, 3.63) is 63.5 Å². The van der Waals surface area contributed by atoms with Crippen LogP contribution in [0.2, 0.25) is 0 Å². The Morgan fingerprint density at radius 2 is 2.10 bits per heavy atom. The number of ether oxygens (including phenoxy) is 1. The lowest BCUT2D eigenvalue weighted by Crippen LogP contribution is -2.02. The highest BCUT2D eigenvalue weighted by Crippen LogP contribution is 2.28. The van der Waals surface area contributed by atoms with Crippen molar-refractivity contribution in [2.45, 2.75) is 13.5 Å². The van der Waals surface area contributed by atoms with E-state index in [1.54, 1.807) is 19.1 Å². The number of benzene rings is 2. The Hall–Kier alpha value is -2.63. The van der Waals surface area contributed by atoms with Gasteiger partial charge in [0.05, 0.1) is 10.5 Å². The van der Waals surface area contributed by atoms with Gasteiger partial charge in [0.1, 0.15) is 23.9 Å². The molecule has 0 unspecified atom stereocenters. The molecule has 0 aliphatic heterocycles. The quantitative estimate of drug-likeness (QED) is 0.687. The number of halogens is 1. The molecule has 20 heavy (non-hydrogen) atoms. The molecule has 0 aliphatic rings. The van der Waals surface area contributed by atoms with Gasteiger partial charge in [-0.2, -0.15) is 0 Å². The fourth-order valence-electron chi connectivity index (χ4n) is 1.76. The van der Waals surface area contributed by atoms with Crippen LogP contribution in [0.25, 0.3) is 0 Å². The van der Waals surface area contributed by atoms with Crippen LogP contribution in [-0.2, 0) is 6.61 Å². The van der Waals surface area contributed by atoms with Gasteiger partial charge in [0.2, 0.25) is 0 Å². The summed E-state index contributed by atoms with van der Waals surface area (Å²) in [5.74, 6) is -0.110. The summed E-state index contributed by atoms with van der Waals surface area (Å²) in [6.45, 7) is 1.50. The number of nitro groups is 1. The molecule has 1 N–H and O–H groups in total. The number of hydrogen-bond acceptors (Lipinski definition) is 4. The molecule has 5 nitrogen and oxygen atoms in total. The van der Waals surface area contributed by atoms with Gasteiger partial charge in [0.15, 0.2) is 0 Å². The number of nitro benzene ring substituents is 1. The monoisotopic (exact) mass is 277 g/mol. The summed E-state index contributed by atoms with van der Waals surface area (Å²) in [6, 6.07) is 7.92. The van der Waals surface area contributed by atoms with Crippen LogP contribution in [-0.4, -0.2) is 10.0 Å². The highest BCUT2D eigenvalue weighted by Gasteiger charge is 2.15. The normalized spacial score (nSPS) is 10.3. The lowest BCUT2D eigenvalue weighted by atomic mass is 10.2. The van der Waals surface area contributed by atoms with Gasteiger partial charge in [-0.05, 0) is 31.2 Å². The van der Waals surface area contributed by atoms with Crippen LogP contribution >= 0.6 is 0 Å². The topological polar surface area (TPSA) is 72.6 Å². The Balaban J connectivity index is 2.24. The number of aromatic hydroxyl groups is 1. The van der Waals surface area contributed by atoms with Crippen LogP contribution in [0, 0.1) is 22.9 Å². The second kappa shape index (κ2) is 5.56. The number of hydrogen-bond donors (Lipinski definition) is 1. The maximum atomic E-state index is 13.2. The summed E-state index contributed by atoms with van der Waals surface area (Å²) < 4.78 is 18.6. The molecule has 0 aromatic heterocycles. The van der Waals surface area contributed by atoms with Gasteiger partial charge in [-0.15, -0.1) is 0 Å². The van der Waals surface area contributed by atoms with E-state index in [0.29, 0.717) is 11.3 Å². The molecule has 2 aromatic rings. The molecule has 0 aliphatic carbocycles. The van der Waals surface area contributed by atoms with E-state index in [0.717, 1.165) is 18.2 Å². The van der Waals surface area contributed by atoms with Crippen LogP contribution in [0.5, 0.6) is 11.5 Å². The Morgan fingerprint density at radius 1 is 1.35 bits per heavy atom. The maximum absolute atomic E-state index is 13.2. The van der Waals surface area contributed by atoms with Crippen LogP contribution in [0.1, 0.15) is 11.1 Å². The van der Waals surface area contributed by atoms with Gasteiger partial charge in [0, 0.05) is 11.6 Å². The zero-order valence-electron chi connectivity index (χ0n) is 10.7. The van der Waals surface area contributed by atoms with Crippen molar-refractivity contribution in [1.82, 2.24) is 0 Å². The highest BCUT2D eigenvalue weighted by molar-refractivity contribution is 5.44. The third kappa shape index (κ3) is 2.85. The van der Waals surface area contributed by atoms with Crippen molar-refractivity contribution in [3.8, 4) is 11.5 Å². The third-order valence-electron chi connectivity index (χ3n) is 2.88. The van der Waals surface area contributed by atoms with E-state index >= 15 is 0 Å². The molecule has 2 aromatic carbocycles.